The van der Waals surface area contributed by atoms with Gasteiger partial charge in [0.25, 0.3) is 0 Å². The van der Waals surface area contributed by atoms with Crippen molar-refractivity contribution in [3.8, 4) is 21.7 Å². The van der Waals surface area contributed by atoms with Crippen LogP contribution in [-0.2, 0) is 7.05 Å². The number of nitrogens with two attached hydrogens (primary N) is 1. The van der Waals surface area contributed by atoms with Crippen LogP contribution in [0.5, 0.6) is 0 Å². The molecule has 3 heterocycles. The Morgan fingerprint density at radius 2 is 2.00 bits per heavy atom. The van der Waals surface area contributed by atoms with Gasteiger partial charge in [0.2, 0.25) is 0 Å². The Kier molecular flexibility index (Phi) is 3.15. The van der Waals surface area contributed by atoms with Gasteiger partial charge < -0.3 is 5.73 Å². The van der Waals surface area contributed by atoms with Crippen LogP contribution in [-0.4, -0.2) is 19.7 Å². The van der Waals surface area contributed by atoms with Gasteiger partial charge in [0.15, 0.2) is 0 Å². The van der Waals surface area contributed by atoms with Crippen LogP contribution in [0.4, 0.5) is 10.8 Å². The van der Waals surface area contributed by atoms with Crippen molar-refractivity contribution in [2.75, 3.05) is 5.73 Å². The molecule has 106 valence electrons. The second-order valence-electron chi connectivity index (χ2n) is 4.36. The van der Waals surface area contributed by atoms with E-state index in [0.29, 0.717) is 16.4 Å². The quantitative estimate of drug-likeness (QED) is 0.592. The van der Waals surface area contributed by atoms with Gasteiger partial charge in [-0.3, -0.25) is 19.8 Å². The molecule has 0 bridgehead atoms. The lowest BCUT2D eigenvalue weighted by Crippen LogP contribution is -1.97. The Morgan fingerprint density at radius 1 is 1.29 bits per heavy atom. The predicted octanol–water partition coefficient (Wildman–Crippen LogP) is 2.70. The van der Waals surface area contributed by atoms with E-state index in [-0.39, 0.29) is 5.00 Å². The second-order valence-corrected chi connectivity index (χ2v) is 5.43. The molecule has 3 rings (SSSR count). The topological polar surface area (TPSA) is 99.9 Å². The molecule has 0 atom stereocenters. The minimum Gasteiger partial charge on any atom is -0.383 e. The molecule has 0 fully saturated rings. The number of nitrogen functional groups attached to an aromatic ring is 1. The van der Waals surface area contributed by atoms with E-state index in [1.54, 1.807) is 30.2 Å². The number of nitro groups is 1. The van der Waals surface area contributed by atoms with Gasteiger partial charge in [-0.05, 0) is 23.8 Å². The fourth-order valence-corrected chi connectivity index (χ4v) is 2.88. The summed E-state index contributed by atoms with van der Waals surface area (Å²) in [7, 11) is 1.74. The molecule has 0 saturated heterocycles. The van der Waals surface area contributed by atoms with Crippen LogP contribution in [0, 0.1) is 10.1 Å². The third kappa shape index (κ3) is 2.25. The molecule has 0 aliphatic carbocycles. The van der Waals surface area contributed by atoms with Gasteiger partial charge in [0.1, 0.15) is 11.5 Å². The van der Waals surface area contributed by atoms with Crippen molar-refractivity contribution in [3.63, 3.8) is 0 Å². The molecule has 2 N–H and O–H groups in total. The maximum atomic E-state index is 10.8. The first-order valence-electron chi connectivity index (χ1n) is 6.05. The summed E-state index contributed by atoms with van der Waals surface area (Å²) in [5.74, 6) is 0.507. The Hall–Kier alpha value is -2.74. The van der Waals surface area contributed by atoms with Gasteiger partial charge in [0, 0.05) is 25.5 Å². The zero-order valence-corrected chi connectivity index (χ0v) is 11.9. The largest absolute Gasteiger partial charge is 0.383 e. The summed E-state index contributed by atoms with van der Waals surface area (Å²) in [6.45, 7) is 0. The van der Waals surface area contributed by atoms with Crippen molar-refractivity contribution in [1.82, 2.24) is 14.8 Å². The summed E-state index contributed by atoms with van der Waals surface area (Å²) in [5, 5.41) is 15.3. The van der Waals surface area contributed by atoms with Crippen LogP contribution in [0.3, 0.4) is 0 Å². The lowest BCUT2D eigenvalue weighted by Gasteiger charge is -2.02. The number of nitrogens with zero attached hydrogens (tertiary/aromatic N) is 4. The van der Waals surface area contributed by atoms with Gasteiger partial charge in [-0.2, -0.15) is 5.10 Å². The molecule has 0 aliphatic rings. The average Bonchev–Trinajstić information content (AvgIpc) is 3.06. The van der Waals surface area contributed by atoms with E-state index in [0.717, 1.165) is 22.5 Å². The van der Waals surface area contributed by atoms with E-state index in [1.807, 2.05) is 12.1 Å². The van der Waals surface area contributed by atoms with Gasteiger partial charge >= 0.3 is 5.00 Å². The lowest BCUT2D eigenvalue weighted by molar-refractivity contribution is -0.380. The lowest BCUT2D eigenvalue weighted by atomic mass is 10.1. The van der Waals surface area contributed by atoms with Crippen molar-refractivity contribution < 1.29 is 4.92 Å². The Bertz CT molecular complexity index is 809. The van der Waals surface area contributed by atoms with Crippen LogP contribution < -0.4 is 5.73 Å². The van der Waals surface area contributed by atoms with Crippen molar-refractivity contribution >= 4 is 22.2 Å². The average molecular weight is 301 g/mol. The predicted molar refractivity (Wildman–Crippen MR) is 80.8 cm³/mol. The fraction of sp³-hybridized carbons (Fsp3) is 0.0769. The highest BCUT2D eigenvalue weighted by molar-refractivity contribution is 7.18. The highest BCUT2D eigenvalue weighted by atomic mass is 32.1. The standard InChI is InChI=1S/C13H11N5O2S/c1-17-13(14)11(8-4-6-15-7-5-8)12(16-17)9-2-3-10(21-9)18(19)20/h2-7H,14H2,1H3. The summed E-state index contributed by atoms with van der Waals surface area (Å²) in [4.78, 5) is 15.1. The first kappa shape index (κ1) is 13.3. The first-order chi connectivity index (χ1) is 10.1. The van der Waals surface area contributed by atoms with Gasteiger partial charge in [-0.25, -0.2) is 0 Å². The molecule has 3 aromatic heterocycles. The Balaban J connectivity index is 2.19. The zero-order chi connectivity index (χ0) is 15.0. The third-order valence-electron chi connectivity index (χ3n) is 3.07. The smallest absolute Gasteiger partial charge is 0.324 e. The van der Waals surface area contributed by atoms with Crippen LogP contribution in [0.15, 0.2) is 36.7 Å². The number of thiophene rings is 1. The number of pyridine rings is 1. The van der Waals surface area contributed by atoms with E-state index in [2.05, 4.69) is 10.1 Å². The fourth-order valence-electron chi connectivity index (χ4n) is 2.07. The van der Waals surface area contributed by atoms with E-state index < -0.39 is 4.92 Å². The first-order valence-corrected chi connectivity index (χ1v) is 6.87. The minimum absolute atomic E-state index is 0.0786. The van der Waals surface area contributed by atoms with Crippen LogP contribution in [0.2, 0.25) is 0 Å². The molecular formula is C13H11N5O2S. The molecule has 0 spiro atoms. The molecular weight excluding hydrogens is 290 g/mol. The van der Waals surface area contributed by atoms with Crippen LogP contribution in [0.1, 0.15) is 0 Å². The maximum absolute atomic E-state index is 10.8. The normalized spacial score (nSPS) is 10.7. The monoisotopic (exact) mass is 301 g/mol. The molecule has 21 heavy (non-hydrogen) atoms. The molecule has 8 heteroatoms. The van der Waals surface area contributed by atoms with E-state index in [9.17, 15) is 10.1 Å². The molecule has 0 aromatic carbocycles. The number of rotatable bonds is 3. The van der Waals surface area contributed by atoms with Crippen LogP contribution >= 0.6 is 11.3 Å². The van der Waals surface area contributed by atoms with E-state index >= 15 is 0 Å². The van der Waals surface area contributed by atoms with Crippen molar-refractivity contribution in [2.45, 2.75) is 0 Å². The van der Waals surface area contributed by atoms with E-state index in [1.165, 1.54) is 6.07 Å². The zero-order valence-electron chi connectivity index (χ0n) is 11.1. The number of hydrogen-bond donors (Lipinski definition) is 1. The van der Waals surface area contributed by atoms with Crippen molar-refractivity contribution in [1.29, 1.82) is 0 Å². The number of anilines is 1. The minimum atomic E-state index is -0.410. The van der Waals surface area contributed by atoms with Crippen molar-refractivity contribution in [3.05, 3.63) is 46.8 Å². The van der Waals surface area contributed by atoms with Gasteiger partial charge in [-0.15, -0.1) is 0 Å². The summed E-state index contributed by atoms with van der Waals surface area (Å²) < 4.78 is 1.57. The highest BCUT2D eigenvalue weighted by Gasteiger charge is 2.20. The van der Waals surface area contributed by atoms with E-state index in [4.69, 9.17) is 5.73 Å². The summed E-state index contributed by atoms with van der Waals surface area (Å²) in [6.07, 6.45) is 3.34. The maximum Gasteiger partial charge on any atom is 0.324 e. The molecule has 0 amide bonds. The number of aromatic nitrogens is 3. The second kappa shape index (κ2) is 4.98. The Morgan fingerprint density at radius 3 is 2.62 bits per heavy atom. The number of aryl methyl sites for hydroxylation is 1. The van der Waals surface area contributed by atoms with Crippen LogP contribution in [0.25, 0.3) is 21.7 Å². The third-order valence-corrected chi connectivity index (χ3v) is 4.11. The van der Waals surface area contributed by atoms with Crippen molar-refractivity contribution in [2.24, 2.45) is 7.05 Å². The number of hydrogen-bond acceptors (Lipinski definition) is 6. The SMILES string of the molecule is Cn1nc(-c2ccc([N+](=O)[O-])s2)c(-c2ccncc2)c1N. The molecule has 0 unspecified atom stereocenters. The molecule has 3 aromatic rings. The Labute approximate surface area is 123 Å². The molecule has 0 saturated carbocycles. The summed E-state index contributed by atoms with van der Waals surface area (Å²) in [6, 6.07) is 6.83. The summed E-state index contributed by atoms with van der Waals surface area (Å²) in [5.41, 5.74) is 8.37. The van der Waals surface area contributed by atoms with Gasteiger partial charge in [-0.1, -0.05) is 11.3 Å². The van der Waals surface area contributed by atoms with Gasteiger partial charge in [0.05, 0.1) is 15.4 Å². The highest BCUT2D eigenvalue weighted by Crippen LogP contribution is 2.40. The molecule has 0 aliphatic heterocycles. The summed E-state index contributed by atoms with van der Waals surface area (Å²) >= 11 is 1.08. The molecule has 0 radical (unpaired) electrons. The molecule has 7 nitrogen and oxygen atoms in total.